The molecule has 3 aromatic rings. The van der Waals surface area contributed by atoms with Crippen LogP contribution in [0.2, 0.25) is 0 Å². The lowest BCUT2D eigenvalue weighted by Crippen LogP contribution is -2.04. The number of benzene rings is 1. The van der Waals surface area contributed by atoms with Gasteiger partial charge in [0.25, 0.3) is 0 Å². The van der Waals surface area contributed by atoms with Crippen molar-refractivity contribution < 1.29 is 4.79 Å². The van der Waals surface area contributed by atoms with E-state index in [1.54, 1.807) is 12.3 Å². The van der Waals surface area contributed by atoms with Gasteiger partial charge in [-0.15, -0.1) is 0 Å². The third kappa shape index (κ3) is 1.94. The van der Waals surface area contributed by atoms with Gasteiger partial charge < -0.3 is 0 Å². The maximum Gasteiger partial charge on any atom is 0.211 e. The summed E-state index contributed by atoms with van der Waals surface area (Å²) in [6.45, 7) is 0. The number of Topliss-reactive ketones (excluding diaryl/α,β-unsaturated/α-hetero) is 1. The summed E-state index contributed by atoms with van der Waals surface area (Å²) in [6, 6.07) is 15.3. The quantitative estimate of drug-likeness (QED) is 0.671. The summed E-state index contributed by atoms with van der Waals surface area (Å²) in [5.74, 6) is -0.0347. The molecular weight excluding hydrogens is 260 g/mol. The molecular formula is C18H12N2O. The van der Waals surface area contributed by atoms with E-state index in [1.165, 1.54) is 0 Å². The standard InChI is InChI=1S/C18H12N2O/c21-18(14-8-10-16-13(14)5-3-11-19-16)17-9-7-12-4-1-2-6-15(12)20-17/h1-9,11H,10H2. The Morgan fingerprint density at radius 3 is 2.86 bits per heavy atom. The molecule has 21 heavy (non-hydrogen) atoms. The minimum absolute atomic E-state index is 0.0347. The molecule has 2 heterocycles. The van der Waals surface area contributed by atoms with Crippen LogP contribution in [0.25, 0.3) is 16.5 Å². The number of carbonyl (C=O) groups is 1. The second-order valence-corrected chi connectivity index (χ2v) is 5.04. The van der Waals surface area contributed by atoms with Crippen molar-refractivity contribution in [3.05, 3.63) is 77.8 Å². The van der Waals surface area contributed by atoms with Crippen LogP contribution in [-0.2, 0) is 6.42 Å². The monoisotopic (exact) mass is 272 g/mol. The topological polar surface area (TPSA) is 42.9 Å². The zero-order valence-corrected chi connectivity index (χ0v) is 11.3. The molecule has 1 aliphatic carbocycles. The Labute approximate surface area is 122 Å². The number of carbonyl (C=O) groups excluding carboxylic acids is 1. The number of hydrogen-bond acceptors (Lipinski definition) is 3. The zero-order valence-electron chi connectivity index (χ0n) is 11.3. The van der Waals surface area contributed by atoms with Crippen LogP contribution >= 0.6 is 0 Å². The van der Waals surface area contributed by atoms with Gasteiger partial charge in [0.1, 0.15) is 5.69 Å². The average molecular weight is 272 g/mol. The highest BCUT2D eigenvalue weighted by atomic mass is 16.1. The van der Waals surface area contributed by atoms with E-state index >= 15 is 0 Å². The van der Waals surface area contributed by atoms with Crippen molar-refractivity contribution in [1.29, 1.82) is 0 Å². The summed E-state index contributed by atoms with van der Waals surface area (Å²) >= 11 is 0. The predicted octanol–water partition coefficient (Wildman–Crippen LogP) is 3.45. The highest BCUT2D eigenvalue weighted by Gasteiger charge is 2.22. The first-order chi connectivity index (χ1) is 10.3. The molecule has 0 spiro atoms. The summed E-state index contributed by atoms with van der Waals surface area (Å²) in [6.07, 6.45) is 4.41. The Hall–Kier alpha value is -2.81. The second-order valence-electron chi connectivity index (χ2n) is 5.04. The highest BCUT2D eigenvalue weighted by Crippen LogP contribution is 2.28. The predicted molar refractivity (Wildman–Crippen MR) is 82.0 cm³/mol. The average Bonchev–Trinajstić information content (AvgIpc) is 2.98. The van der Waals surface area contributed by atoms with Crippen molar-refractivity contribution in [3.8, 4) is 0 Å². The smallest absolute Gasteiger partial charge is 0.211 e. The number of hydrogen-bond donors (Lipinski definition) is 0. The second kappa shape index (κ2) is 4.63. The van der Waals surface area contributed by atoms with Crippen molar-refractivity contribution in [2.75, 3.05) is 0 Å². The molecule has 0 saturated carbocycles. The van der Waals surface area contributed by atoms with Crippen LogP contribution in [0.5, 0.6) is 0 Å². The van der Waals surface area contributed by atoms with Gasteiger partial charge in [-0.3, -0.25) is 9.78 Å². The summed E-state index contributed by atoms with van der Waals surface area (Å²) in [4.78, 5) is 21.5. The Bertz CT molecular complexity index is 896. The first kappa shape index (κ1) is 12.0. The summed E-state index contributed by atoms with van der Waals surface area (Å²) in [5, 5.41) is 1.04. The van der Waals surface area contributed by atoms with Crippen molar-refractivity contribution in [2.24, 2.45) is 0 Å². The molecule has 100 valence electrons. The van der Waals surface area contributed by atoms with Gasteiger partial charge in [0.05, 0.1) is 11.2 Å². The molecule has 0 fully saturated rings. The number of nitrogens with zero attached hydrogens (tertiary/aromatic N) is 2. The molecule has 0 atom stereocenters. The van der Waals surface area contributed by atoms with Gasteiger partial charge in [-0.05, 0) is 18.2 Å². The molecule has 0 unspecified atom stereocenters. The van der Waals surface area contributed by atoms with E-state index in [0.29, 0.717) is 17.7 Å². The van der Waals surface area contributed by atoms with Gasteiger partial charge in [0.15, 0.2) is 0 Å². The van der Waals surface area contributed by atoms with Crippen LogP contribution < -0.4 is 0 Å². The van der Waals surface area contributed by atoms with Crippen molar-refractivity contribution >= 4 is 22.3 Å². The molecule has 1 aromatic carbocycles. The molecule has 3 heteroatoms. The molecule has 0 radical (unpaired) electrons. The first-order valence-electron chi connectivity index (χ1n) is 6.88. The molecule has 4 rings (SSSR count). The maximum absolute atomic E-state index is 12.7. The van der Waals surface area contributed by atoms with E-state index in [-0.39, 0.29) is 5.78 Å². The van der Waals surface area contributed by atoms with Crippen LogP contribution in [0.15, 0.2) is 60.8 Å². The summed E-state index contributed by atoms with van der Waals surface area (Å²) in [5.41, 5.74) is 3.92. The van der Waals surface area contributed by atoms with Crippen LogP contribution in [-0.4, -0.2) is 15.8 Å². The van der Waals surface area contributed by atoms with E-state index in [9.17, 15) is 4.79 Å². The number of allylic oxidation sites excluding steroid dienone is 2. The molecule has 0 N–H and O–H groups in total. The summed E-state index contributed by atoms with van der Waals surface area (Å²) in [7, 11) is 0. The largest absolute Gasteiger partial charge is 0.287 e. The van der Waals surface area contributed by atoms with E-state index in [4.69, 9.17) is 0 Å². The van der Waals surface area contributed by atoms with Gasteiger partial charge in [0.2, 0.25) is 5.78 Å². The maximum atomic E-state index is 12.7. The van der Waals surface area contributed by atoms with Gasteiger partial charge in [0, 0.05) is 29.1 Å². The number of aromatic nitrogens is 2. The molecule has 0 aliphatic heterocycles. The van der Waals surface area contributed by atoms with Crippen LogP contribution in [0.3, 0.4) is 0 Å². The molecule has 1 aliphatic rings. The van der Waals surface area contributed by atoms with Gasteiger partial charge in [-0.2, -0.15) is 0 Å². The van der Waals surface area contributed by atoms with Gasteiger partial charge >= 0.3 is 0 Å². The van der Waals surface area contributed by atoms with Crippen LogP contribution in [0.1, 0.15) is 21.7 Å². The fourth-order valence-corrected chi connectivity index (χ4v) is 2.70. The number of rotatable bonds is 2. The lowest BCUT2D eigenvalue weighted by molar-refractivity contribution is 0.105. The number of fused-ring (bicyclic) bond motifs is 2. The SMILES string of the molecule is O=C(C1=CCc2ncccc21)c1ccc2ccccc2n1. The Balaban J connectivity index is 1.78. The molecule has 3 nitrogen and oxygen atoms in total. The third-order valence-corrected chi connectivity index (χ3v) is 3.76. The summed E-state index contributed by atoms with van der Waals surface area (Å²) < 4.78 is 0. The molecule has 2 aromatic heterocycles. The third-order valence-electron chi connectivity index (χ3n) is 3.76. The normalized spacial score (nSPS) is 13.0. The van der Waals surface area contributed by atoms with E-state index < -0.39 is 0 Å². The number of para-hydroxylation sites is 1. The van der Waals surface area contributed by atoms with Crippen LogP contribution in [0, 0.1) is 0 Å². The Kier molecular flexibility index (Phi) is 2.64. The van der Waals surface area contributed by atoms with Gasteiger partial charge in [-0.25, -0.2) is 4.98 Å². The van der Waals surface area contributed by atoms with Crippen molar-refractivity contribution in [2.45, 2.75) is 6.42 Å². The fraction of sp³-hybridized carbons (Fsp3) is 0.0556. The van der Waals surface area contributed by atoms with Gasteiger partial charge in [-0.1, -0.05) is 36.4 Å². The Morgan fingerprint density at radius 1 is 1.00 bits per heavy atom. The van der Waals surface area contributed by atoms with Crippen LogP contribution in [0.4, 0.5) is 0 Å². The highest BCUT2D eigenvalue weighted by molar-refractivity contribution is 6.29. The molecule has 0 amide bonds. The minimum atomic E-state index is -0.0347. The molecule has 0 saturated heterocycles. The molecule has 0 bridgehead atoms. The lowest BCUT2D eigenvalue weighted by atomic mass is 10.0. The number of ketones is 1. The van der Waals surface area contributed by atoms with Crippen molar-refractivity contribution in [3.63, 3.8) is 0 Å². The number of pyridine rings is 2. The van der Waals surface area contributed by atoms with E-state index in [1.807, 2.05) is 48.5 Å². The first-order valence-corrected chi connectivity index (χ1v) is 6.88. The Morgan fingerprint density at radius 2 is 1.90 bits per heavy atom. The minimum Gasteiger partial charge on any atom is -0.287 e. The zero-order chi connectivity index (χ0) is 14.2. The van der Waals surface area contributed by atoms with E-state index in [2.05, 4.69) is 9.97 Å². The fourth-order valence-electron chi connectivity index (χ4n) is 2.70. The van der Waals surface area contributed by atoms with Crippen molar-refractivity contribution in [1.82, 2.24) is 9.97 Å². The van der Waals surface area contributed by atoms with E-state index in [0.717, 1.165) is 22.2 Å². The lowest BCUT2D eigenvalue weighted by Gasteiger charge is -2.05.